The number of aliphatic hydroxyl groups excluding tert-OH is 1. The van der Waals surface area contributed by atoms with Gasteiger partial charge in [0.05, 0.1) is 0 Å². The highest BCUT2D eigenvalue weighted by Crippen LogP contribution is 1.89. The van der Waals surface area contributed by atoms with E-state index in [4.69, 9.17) is 10.8 Å². The van der Waals surface area contributed by atoms with Crippen LogP contribution in [0.15, 0.2) is 0 Å². The molecule has 0 aliphatic rings. The Morgan fingerprint density at radius 3 is 2.25 bits per heavy atom. The van der Waals surface area contributed by atoms with Crippen molar-refractivity contribution in [3.05, 3.63) is 0 Å². The summed E-state index contributed by atoms with van der Waals surface area (Å²) in [6.07, 6.45) is 1.76. The van der Waals surface area contributed by atoms with Crippen LogP contribution >= 0.6 is 12.4 Å². The minimum atomic E-state index is 0. The van der Waals surface area contributed by atoms with Crippen LogP contribution in [0, 0.1) is 0 Å². The summed E-state index contributed by atoms with van der Waals surface area (Å²) in [6, 6.07) is 0.243. The molecule has 0 spiro atoms. The van der Waals surface area contributed by atoms with Crippen molar-refractivity contribution in [1.82, 2.24) is 0 Å². The molecule has 0 radical (unpaired) electrons. The zero-order valence-electron chi connectivity index (χ0n) is 5.13. The number of rotatable bonds is 3. The van der Waals surface area contributed by atoms with Crippen LogP contribution in [-0.2, 0) is 0 Å². The van der Waals surface area contributed by atoms with Gasteiger partial charge in [-0.1, -0.05) is 0 Å². The lowest BCUT2D eigenvalue weighted by molar-refractivity contribution is 0.281. The number of hydrogen-bond acceptors (Lipinski definition) is 2. The SMILES string of the molecule is C[C@@H](N)CCCO.Cl. The molecule has 0 unspecified atom stereocenters. The van der Waals surface area contributed by atoms with Crippen molar-refractivity contribution in [2.45, 2.75) is 25.8 Å². The van der Waals surface area contributed by atoms with Crippen molar-refractivity contribution in [3.63, 3.8) is 0 Å². The largest absolute Gasteiger partial charge is 0.396 e. The van der Waals surface area contributed by atoms with E-state index < -0.39 is 0 Å². The van der Waals surface area contributed by atoms with Crippen LogP contribution in [0.4, 0.5) is 0 Å². The van der Waals surface area contributed by atoms with Crippen molar-refractivity contribution in [3.8, 4) is 0 Å². The van der Waals surface area contributed by atoms with Crippen LogP contribution in [0.3, 0.4) is 0 Å². The number of halogens is 1. The zero-order valence-corrected chi connectivity index (χ0v) is 5.95. The minimum Gasteiger partial charge on any atom is -0.396 e. The highest BCUT2D eigenvalue weighted by molar-refractivity contribution is 5.85. The Morgan fingerprint density at radius 1 is 1.62 bits per heavy atom. The van der Waals surface area contributed by atoms with E-state index in [2.05, 4.69) is 0 Å². The quantitative estimate of drug-likeness (QED) is 0.599. The molecule has 0 rings (SSSR count). The van der Waals surface area contributed by atoms with Crippen molar-refractivity contribution < 1.29 is 5.11 Å². The number of nitrogens with two attached hydrogens (primary N) is 1. The molecule has 0 aromatic heterocycles. The first kappa shape index (κ1) is 11.1. The second kappa shape index (κ2) is 7.21. The molecule has 3 N–H and O–H groups in total. The summed E-state index contributed by atoms with van der Waals surface area (Å²) >= 11 is 0. The van der Waals surface area contributed by atoms with Gasteiger partial charge in [-0.25, -0.2) is 0 Å². The van der Waals surface area contributed by atoms with Gasteiger partial charge in [0.1, 0.15) is 0 Å². The minimum absolute atomic E-state index is 0. The molecule has 0 aromatic carbocycles. The van der Waals surface area contributed by atoms with E-state index in [1.54, 1.807) is 0 Å². The standard InChI is InChI=1S/C5H13NO.ClH/c1-5(6)3-2-4-7;/h5,7H,2-4,6H2,1H3;1H/t5-;/m1./s1. The first-order valence-corrected chi connectivity index (χ1v) is 2.64. The van der Waals surface area contributed by atoms with Crippen LogP contribution in [0.25, 0.3) is 0 Å². The van der Waals surface area contributed by atoms with E-state index in [1.165, 1.54) is 0 Å². The lowest BCUT2D eigenvalue weighted by atomic mass is 10.2. The average Bonchev–Trinajstić information content (AvgIpc) is 1.61. The summed E-state index contributed by atoms with van der Waals surface area (Å²) in [5.41, 5.74) is 5.37. The highest BCUT2D eigenvalue weighted by atomic mass is 35.5. The predicted molar refractivity (Wildman–Crippen MR) is 37.2 cm³/mol. The smallest absolute Gasteiger partial charge is 0.0431 e. The van der Waals surface area contributed by atoms with Crippen LogP contribution in [0.2, 0.25) is 0 Å². The summed E-state index contributed by atoms with van der Waals surface area (Å²) in [5.74, 6) is 0. The Morgan fingerprint density at radius 2 is 2.12 bits per heavy atom. The monoisotopic (exact) mass is 139 g/mol. The Bertz CT molecular complexity index is 41.4. The van der Waals surface area contributed by atoms with E-state index in [0.29, 0.717) is 0 Å². The third kappa shape index (κ3) is 9.51. The molecular weight excluding hydrogens is 126 g/mol. The Balaban J connectivity index is 0. The van der Waals surface area contributed by atoms with E-state index in [9.17, 15) is 0 Å². The highest BCUT2D eigenvalue weighted by Gasteiger charge is 1.89. The van der Waals surface area contributed by atoms with E-state index in [1.807, 2.05) is 6.92 Å². The Kier molecular flexibility index (Phi) is 9.97. The summed E-state index contributed by atoms with van der Waals surface area (Å²) in [5, 5.41) is 8.26. The van der Waals surface area contributed by atoms with Crippen LogP contribution in [0.1, 0.15) is 19.8 Å². The molecule has 2 nitrogen and oxygen atoms in total. The lowest BCUT2D eigenvalue weighted by Crippen LogP contribution is -2.14. The van der Waals surface area contributed by atoms with Crippen LogP contribution < -0.4 is 5.73 Å². The topological polar surface area (TPSA) is 46.2 Å². The van der Waals surface area contributed by atoms with Crippen molar-refractivity contribution >= 4 is 12.4 Å². The second-order valence-electron chi connectivity index (χ2n) is 1.84. The third-order valence-electron chi connectivity index (χ3n) is 0.818. The predicted octanol–water partition coefficient (Wildman–Crippen LogP) is 0.528. The molecule has 0 aromatic rings. The van der Waals surface area contributed by atoms with Gasteiger partial charge in [0.15, 0.2) is 0 Å². The van der Waals surface area contributed by atoms with Gasteiger partial charge in [-0.15, -0.1) is 12.4 Å². The molecule has 1 atom stereocenters. The van der Waals surface area contributed by atoms with Crippen molar-refractivity contribution in [2.75, 3.05) is 6.61 Å². The van der Waals surface area contributed by atoms with Gasteiger partial charge in [0.2, 0.25) is 0 Å². The second-order valence-corrected chi connectivity index (χ2v) is 1.84. The normalized spacial score (nSPS) is 12.4. The molecular formula is C5H14ClNO. The van der Waals surface area contributed by atoms with Gasteiger partial charge >= 0.3 is 0 Å². The molecule has 0 aliphatic heterocycles. The third-order valence-corrected chi connectivity index (χ3v) is 0.818. The van der Waals surface area contributed by atoms with Gasteiger partial charge in [-0.05, 0) is 19.8 Å². The van der Waals surface area contributed by atoms with E-state index >= 15 is 0 Å². The molecule has 0 saturated carbocycles. The molecule has 0 heterocycles. The Labute approximate surface area is 56.5 Å². The van der Waals surface area contributed by atoms with E-state index in [-0.39, 0.29) is 25.1 Å². The Hall–Kier alpha value is 0.210. The summed E-state index contributed by atoms with van der Waals surface area (Å²) < 4.78 is 0. The van der Waals surface area contributed by atoms with Crippen LogP contribution in [-0.4, -0.2) is 17.8 Å². The first-order chi connectivity index (χ1) is 3.27. The molecule has 52 valence electrons. The maximum absolute atomic E-state index is 8.26. The molecule has 8 heavy (non-hydrogen) atoms. The molecule has 0 fully saturated rings. The van der Waals surface area contributed by atoms with Gasteiger partial charge in [0, 0.05) is 12.6 Å². The van der Waals surface area contributed by atoms with Crippen molar-refractivity contribution in [1.29, 1.82) is 0 Å². The maximum atomic E-state index is 8.26. The van der Waals surface area contributed by atoms with E-state index in [0.717, 1.165) is 12.8 Å². The zero-order chi connectivity index (χ0) is 5.70. The summed E-state index contributed by atoms with van der Waals surface area (Å²) in [6.45, 7) is 2.21. The molecule has 0 amide bonds. The van der Waals surface area contributed by atoms with Crippen LogP contribution in [0.5, 0.6) is 0 Å². The van der Waals surface area contributed by atoms with Gasteiger partial charge in [-0.3, -0.25) is 0 Å². The van der Waals surface area contributed by atoms with Gasteiger partial charge < -0.3 is 10.8 Å². The fraction of sp³-hybridized carbons (Fsp3) is 1.00. The summed E-state index contributed by atoms with van der Waals surface area (Å²) in [4.78, 5) is 0. The fourth-order valence-electron chi connectivity index (χ4n) is 0.413. The average molecular weight is 140 g/mol. The molecule has 0 bridgehead atoms. The fourth-order valence-corrected chi connectivity index (χ4v) is 0.413. The first-order valence-electron chi connectivity index (χ1n) is 2.64. The maximum Gasteiger partial charge on any atom is 0.0431 e. The summed E-state index contributed by atoms with van der Waals surface area (Å²) in [7, 11) is 0. The molecule has 0 saturated heterocycles. The van der Waals surface area contributed by atoms with Crippen molar-refractivity contribution in [2.24, 2.45) is 5.73 Å². The lowest BCUT2D eigenvalue weighted by Gasteiger charge is -1.99. The molecule has 0 aliphatic carbocycles. The molecule has 3 heteroatoms. The number of hydrogen-bond donors (Lipinski definition) is 2. The number of aliphatic hydroxyl groups is 1. The van der Waals surface area contributed by atoms with Gasteiger partial charge in [-0.2, -0.15) is 0 Å². The van der Waals surface area contributed by atoms with Gasteiger partial charge in [0.25, 0.3) is 0 Å².